The van der Waals surface area contributed by atoms with Crippen LogP contribution in [0, 0.1) is 17.2 Å². The number of halogens is 1. The van der Waals surface area contributed by atoms with Crippen molar-refractivity contribution in [2.45, 2.75) is 53.2 Å². The summed E-state index contributed by atoms with van der Waals surface area (Å²) in [6.07, 6.45) is 0.274. The molecule has 1 saturated carbocycles. The van der Waals surface area contributed by atoms with Crippen LogP contribution in [0.4, 0.5) is 26.2 Å². The number of amides is 3. The minimum absolute atomic E-state index is 0.00647. The Morgan fingerprint density at radius 2 is 1.52 bits per heavy atom. The maximum absolute atomic E-state index is 14.6. The second kappa shape index (κ2) is 11.0. The number of hydrogen-bond donors (Lipinski definition) is 3. The average Bonchev–Trinajstić information content (AvgIpc) is 3.40. The van der Waals surface area contributed by atoms with Crippen LogP contribution >= 0.6 is 0 Å². The van der Waals surface area contributed by atoms with Crippen LogP contribution in [0.2, 0.25) is 0 Å². The molecule has 1 fully saturated rings. The summed E-state index contributed by atoms with van der Waals surface area (Å²) in [6, 6.07) is 20.3. The van der Waals surface area contributed by atoms with Crippen LogP contribution < -0.4 is 16.0 Å². The lowest BCUT2D eigenvalue weighted by atomic mass is 10.1. The van der Waals surface area contributed by atoms with Crippen molar-refractivity contribution in [2.24, 2.45) is 11.3 Å². The fraction of sp³-hybridized carbons (Fsp3) is 0.303. The highest BCUT2D eigenvalue weighted by Gasteiger charge is 2.50. The van der Waals surface area contributed by atoms with Gasteiger partial charge in [0.15, 0.2) is 0 Å². The molecule has 3 N–H and O–H groups in total. The number of fused-ring (bicyclic) bond motifs is 1. The van der Waals surface area contributed by atoms with Gasteiger partial charge in [0.2, 0.25) is 5.91 Å². The first-order chi connectivity index (χ1) is 19.8. The van der Waals surface area contributed by atoms with Gasteiger partial charge in [-0.3, -0.25) is 14.9 Å². The SMILES string of the molecule is CC(C)(C)OC(=O)Nc1ccc(NC(=O)c2cc3cc(NC(=O)C4CC4(C)C)ccc3n2Cc2ccccc2F)cc1. The number of benzene rings is 3. The predicted octanol–water partition coefficient (Wildman–Crippen LogP) is 7.41. The molecule has 0 spiro atoms. The summed E-state index contributed by atoms with van der Waals surface area (Å²) in [7, 11) is 0. The standard InChI is InChI=1S/C33H35FN4O4/c1-32(2,3)42-31(41)37-23-12-10-22(11-13-23)35-30(40)28-17-21-16-24(36-29(39)25-18-33(25,4)5)14-15-27(21)38(28)19-20-8-6-7-9-26(20)34/h6-17,25H,18-19H2,1-5H3,(H,35,40)(H,36,39)(H,37,41). The maximum Gasteiger partial charge on any atom is 0.412 e. The van der Waals surface area contributed by atoms with Crippen molar-refractivity contribution in [3.63, 3.8) is 0 Å². The molecule has 1 aliphatic carbocycles. The molecule has 5 rings (SSSR count). The Kier molecular flexibility index (Phi) is 7.53. The zero-order valence-corrected chi connectivity index (χ0v) is 24.4. The van der Waals surface area contributed by atoms with Gasteiger partial charge in [0.25, 0.3) is 5.91 Å². The Balaban J connectivity index is 1.39. The van der Waals surface area contributed by atoms with Crippen LogP contribution in [0.3, 0.4) is 0 Å². The number of anilines is 3. The predicted molar refractivity (Wildman–Crippen MR) is 162 cm³/mol. The fourth-order valence-electron chi connectivity index (χ4n) is 4.90. The Morgan fingerprint density at radius 1 is 0.905 bits per heavy atom. The molecule has 0 saturated heterocycles. The molecule has 1 unspecified atom stereocenters. The van der Waals surface area contributed by atoms with Crippen molar-refractivity contribution >= 4 is 45.9 Å². The van der Waals surface area contributed by atoms with Crippen molar-refractivity contribution in [1.82, 2.24) is 4.57 Å². The van der Waals surface area contributed by atoms with Crippen LogP contribution in [-0.4, -0.2) is 28.1 Å². The molecule has 42 heavy (non-hydrogen) atoms. The molecule has 3 aromatic carbocycles. The Morgan fingerprint density at radius 3 is 2.14 bits per heavy atom. The largest absolute Gasteiger partial charge is 0.444 e. The molecule has 1 atom stereocenters. The van der Waals surface area contributed by atoms with E-state index < -0.39 is 11.7 Å². The summed E-state index contributed by atoms with van der Waals surface area (Å²) < 4.78 is 21.7. The van der Waals surface area contributed by atoms with Crippen LogP contribution in [0.25, 0.3) is 10.9 Å². The van der Waals surface area contributed by atoms with Gasteiger partial charge in [-0.1, -0.05) is 32.0 Å². The second-order valence-electron chi connectivity index (χ2n) is 12.4. The first-order valence-corrected chi connectivity index (χ1v) is 13.9. The lowest BCUT2D eigenvalue weighted by Gasteiger charge is -2.19. The summed E-state index contributed by atoms with van der Waals surface area (Å²) in [5.41, 5.74) is 2.54. The molecule has 1 aliphatic rings. The minimum atomic E-state index is -0.625. The lowest BCUT2D eigenvalue weighted by Crippen LogP contribution is -2.27. The normalized spacial score (nSPS) is 15.6. The molecule has 1 aromatic heterocycles. The van der Waals surface area contributed by atoms with E-state index in [1.54, 1.807) is 79.9 Å². The van der Waals surface area contributed by atoms with E-state index in [0.29, 0.717) is 28.3 Å². The molecule has 9 heteroatoms. The first kappa shape index (κ1) is 28.9. The van der Waals surface area contributed by atoms with Crippen molar-refractivity contribution < 1.29 is 23.5 Å². The number of hydrogen-bond acceptors (Lipinski definition) is 4. The van der Waals surface area contributed by atoms with Gasteiger partial charge in [0, 0.05) is 39.4 Å². The van der Waals surface area contributed by atoms with Crippen molar-refractivity contribution in [1.29, 1.82) is 0 Å². The summed E-state index contributed by atoms with van der Waals surface area (Å²) in [4.78, 5) is 38.3. The van der Waals surface area contributed by atoms with E-state index in [9.17, 15) is 18.8 Å². The summed E-state index contributed by atoms with van der Waals surface area (Å²) in [5.74, 6) is -0.797. The molecular formula is C33H35FN4O4. The van der Waals surface area contributed by atoms with Gasteiger partial charge >= 0.3 is 6.09 Å². The van der Waals surface area contributed by atoms with Gasteiger partial charge in [0.1, 0.15) is 17.1 Å². The van der Waals surface area contributed by atoms with Gasteiger partial charge in [-0.2, -0.15) is 0 Å². The number of rotatable bonds is 7. The van der Waals surface area contributed by atoms with Crippen LogP contribution in [0.5, 0.6) is 0 Å². The number of nitrogens with one attached hydrogen (secondary N) is 3. The molecule has 1 heterocycles. The van der Waals surface area contributed by atoms with Crippen molar-refractivity contribution in [2.75, 3.05) is 16.0 Å². The van der Waals surface area contributed by atoms with E-state index in [1.165, 1.54) is 6.07 Å². The quantitative estimate of drug-likeness (QED) is 0.215. The minimum Gasteiger partial charge on any atom is -0.444 e. The smallest absolute Gasteiger partial charge is 0.412 e. The van der Waals surface area contributed by atoms with E-state index in [4.69, 9.17) is 4.74 Å². The zero-order valence-electron chi connectivity index (χ0n) is 24.4. The first-order valence-electron chi connectivity index (χ1n) is 13.9. The van der Waals surface area contributed by atoms with Crippen molar-refractivity contribution in [3.05, 3.63) is 89.9 Å². The molecular weight excluding hydrogens is 535 g/mol. The van der Waals surface area contributed by atoms with Crippen LogP contribution in [-0.2, 0) is 16.1 Å². The second-order valence-corrected chi connectivity index (χ2v) is 12.4. The number of carbonyl (C=O) groups is 3. The summed E-state index contributed by atoms with van der Waals surface area (Å²) >= 11 is 0. The van der Waals surface area contributed by atoms with Gasteiger partial charge in [-0.05, 0) is 87.2 Å². The topological polar surface area (TPSA) is 101 Å². The Bertz CT molecular complexity index is 1670. The third-order valence-corrected chi connectivity index (χ3v) is 7.31. The zero-order chi connectivity index (χ0) is 30.2. The molecule has 3 amide bonds. The molecule has 0 aliphatic heterocycles. The lowest BCUT2D eigenvalue weighted by molar-refractivity contribution is -0.118. The highest BCUT2D eigenvalue weighted by molar-refractivity contribution is 6.07. The van der Waals surface area contributed by atoms with E-state index in [1.807, 2.05) is 12.1 Å². The molecule has 218 valence electrons. The van der Waals surface area contributed by atoms with Gasteiger partial charge in [0.05, 0.1) is 6.54 Å². The monoisotopic (exact) mass is 570 g/mol. The van der Waals surface area contributed by atoms with Crippen LogP contribution in [0.15, 0.2) is 72.8 Å². The van der Waals surface area contributed by atoms with E-state index >= 15 is 0 Å². The number of nitrogens with zero attached hydrogens (tertiary/aromatic N) is 1. The van der Waals surface area contributed by atoms with Gasteiger partial charge < -0.3 is 19.9 Å². The van der Waals surface area contributed by atoms with E-state index in [0.717, 1.165) is 17.3 Å². The van der Waals surface area contributed by atoms with Gasteiger partial charge in [-0.25, -0.2) is 9.18 Å². The van der Waals surface area contributed by atoms with E-state index in [2.05, 4.69) is 29.8 Å². The summed E-state index contributed by atoms with van der Waals surface area (Å²) in [6.45, 7) is 9.62. The summed E-state index contributed by atoms with van der Waals surface area (Å²) in [5, 5.41) is 9.28. The third kappa shape index (κ3) is 6.62. The van der Waals surface area contributed by atoms with Crippen LogP contribution in [0.1, 0.15) is 57.1 Å². The fourth-order valence-corrected chi connectivity index (χ4v) is 4.90. The molecule has 0 bridgehead atoms. The van der Waals surface area contributed by atoms with Gasteiger partial charge in [-0.15, -0.1) is 0 Å². The maximum atomic E-state index is 14.6. The van der Waals surface area contributed by atoms with Crippen molar-refractivity contribution in [3.8, 4) is 0 Å². The Hall–Kier alpha value is -4.66. The number of ether oxygens (including phenoxy) is 1. The molecule has 0 radical (unpaired) electrons. The molecule has 8 nitrogen and oxygen atoms in total. The number of carbonyl (C=O) groups excluding carboxylic acids is 3. The molecule has 4 aromatic rings. The van der Waals surface area contributed by atoms with E-state index in [-0.39, 0.29) is 35.5 Å². The highest BCUT2D eigenvalue weighted by atomic mass is 19.1. The number of aromatic nitrogens is 1. The third-order valence-electron chi connectivity index (χ3n) is 7.31. The average molecular weight is 571 g/mol. The Labute approximate surface area is 244 Å². The highest BCUT2D eigenvalue weighted by Crippen LogP contribution is 2.52.